The Morgan fingerprint density at radius 3 is 2.90 bits per heavy atom. The summed E-state index contributed by atoms with van der Waals surface area (Å²) >= 11 is 0. The van der Waals surface area contributed by atoms with Crippen LogP contribution in [0.2, 0.25) is 0 Å². The van der Waals surface area contributed by atoms with E-state index in [-0.39, 0.29) is 24.5 Å². The van der Waals surface area contributed by atoms with Crippen molar-refractivity contribution in [2.45, 2.75) is 70.6 Å². The van der Waals surface area contributed by atoms with E-state index in [9.17, 15) is 10.1 Å². The molecule has 9 heteroatoms. The summed E-state index contributed by atoms with van der Waals surface area (Å²) in [4.78, 5) is 28.6. The van der Waals surface area contributed by atoms with Gasteiger partial charge < -0.3 is 24.2 Å². The van der Waals surface area contributed by atoms with Gasteiger partial charge in [-0.25, -0.2) is 4.98 Å². The summed E-state index contributed by atoms with van der Waals surface area (Å²) in [5, 5.41) is 9.52. The highest BCUT2D eigenvalue weighted by atomic mass is 16.5. The molecule has 4 atom stereocenters. The Kier molecular flexibility index (Phi) is 9.41. The van der Waals surface area contributed by atoms with Gasteiger partial charge in [0.15, 0.2) is 0 Å². The minimum atomic E-state index is -0.235. The SMILES string of the molecule is C=CC(=O)N1CCN(c2nc(OCC3CCCN3C)nc(C)c2CC[C@H]2OCC3=CC=CC[C]3C2C)CC1CC#N. The molecular weight excluding hydrogens is 516 g/mol. The first kappa shape index (κ1) is 29.3. The van der Waals surface area contributed by atoms with Crippen molar-refractivity contribution < 1.29 is 14.3 Å². The number of carbonyl (C=O) groups excluding carboxylic acids is 1. The van der Waals surface area contributed by atoms with Gasteiger partial charge in [-0.1, -0.05) is 31.7 Å². The fraction of sp³-hybridized carbons (Fsp3) is 0.594. The molecule has 1 aromatic heterocycles. The largest absolute Gasteiger partial charge is 0.462 e. The summed E-state index contributed by atoms with van der Waals surface area (Å²) in [6.07, 6.45) is 13.2. The van der Waals surface area contributed by atoms with Crippen molar-refractivity contribution >= 4 is 11.7 Å². The molecule has 4 aliphatic rings. The van der Waals surface area contributed by atoms with Crippen molar-refractivity contribution in [1.82, 2.24) is 19.8 Å². The second-order valence-electron chi connectivity index (χ2n) is 11.7. The van der Waals surface area contributed by atoms with E-state index in [2.05, 4.69) is 54.6 Å². The summed E-state index contributed by atoms with van der Waals surface area (Å²) in [5.74, 6) is 2.54. The van der Waals surface area contributed by atoms with Crippen molar-refractivity contribution in [2.75, 3.05) is 51.3 Å². The Hall–Kier alpha value is -3.22. The smallest absolute Gasteiger partial charge is 0.318 e. The molecule has 3 fully saturated rings. The van der Waals surface area contributed by atoms with Crippen LogP contribution >= 0.6 is 0 Å². The Morgan fingerprint density at radius 2 is 2.15 bits per heavy atom. The van der Waals surface area contributed by atoms with E-state index in [0.717, 1.165) is 49.3 Å². The van der Waals surface area contributed by atoms with Gasteiger partial charge in [-0.05, 0) is 70.2 Å². The number of nitriles is 1. The minimum Gasteiger partial charge on any atom is -0.462 e. The molecule has 1 aromatic rings. The van der Waals surface area contributed by atoms with Gasteiger partial charge in [0.2, 0.25) is 5.91 Å². The first-order valence-corrected chi connectivity index (χ1v) is 15.0. The summed E-state index contributed by atoms with van der Waals surface area (Å²) < 4.78 is 12.5. The van der Waals surface area contributed by atoms with Gasteiger partial charge in [-0.3, -0.25) is 4.79 Å². The number of hydrogen-bond acceptors (Lipinski definition) is 8. The van der Waals surface area contributed by atoms with Crippen LogP contribution < -0.4 is 9.64 Å². The number of amides is 1. The molecule has 0 bridgehead atoms. The summed E-state index contributed by atoms with van der Waals surface area (Å²) in [6, 6.07) is 2.79. The number of piperazine rings is 1. The molecule has 3 aliphatic heterocycles. The maximum absolute atomic E-state index is 12.5. The Morgan fingerprint density at radius 1 is 1.29 bits per heavy atom. The third-order valence-corrected chi connectivity index (χ3v) is 9.24. The quantitative estimate of drug-likeness (QED) is 0.422. The lowest BCUT2D eigenvalue weighted by Gasteiger charge is -2.41. The number of anilines is 1. The molecule has 4 heterocycles. The fourth-order valence-corrected chi connectivity index (χ4v) is 6.69. The number of allylic oxidation sites excluding steroid dienone is 3. The lowest BCUT2D eigenvalue weighted by Crippen LogP contribution is -2.55. The molecule has 219 valence electrons. The molecule has 3 unspecified atom stereocenters. The van der Waals surface area contributed by atoms with Gasteiger partial charge in [0.05, 0.1) is 31.2 Å². The zero-order chi connectivity index (χ0) is 28.9. The van der Waals surface area contributed by atoms with E-state index >= 15 is 0 Å². The van der Waals surface area contributed by atoms with Gasteiger partial charge in [-0.15, -0.1) is 0 Å². The van der Waals surface area contributed by atoms with Crippen LogP contribution in [0, 0.1) is 30.1 Å². The maximum atomic E-state index is 12.5. The molecule has 0 spiro atoms. The lowest BCUT2D eigenvalue weighted by molar-refractivity contribution is -0.128. The zero-order valence-corrected chi connectivity index (χ0v) is 24.7. The van der Waals surface area contributed by atoms with Crippen molar-refractivity contribution in [1.29, 1.82) is 5.26 Å². The molecule has 1 aliphatic carbocycles. The number of likely N-dealkylation sites (tertiary alicyclic amines) is 1. The summed E-state index contributed by atoms with van der Waals surface area (Å²) in [7, 11) is 2.13. The van der Waals surface area contributed by atoms with Crippen LogP contribution in [0.1, 0.15) is 50.3 Å². The first-order chi connectivity index (χ1) is 19.9. The van der Waals surface area contributed by atoms with Crippen LogP contribution in [-0.2, 0) is 16.0 Å². The van der Waals surface area contributed by atoms with Crippen LogP contribution in [0.4, 0.5) is 5.82 Å². The van der Waals surface area contributed by atoms with Gasteiger partial charge in [-0.2, -0.15) is 10.2 Å². The van der Waals surface area contributed by atoms with Crippen LogP contribution in [0.3, 0.4) is 0 Å². The predicted octanol–water partition coefficient (Wildman–Crippen LogP) is 3.80. The van der Waals surface area contributed by atoms with Gasteiger partial charge in [0.1, 0.15) is 12.4 Å². The number of fused-ring (bicyclic) bond motifs is 1. The van der Waals surface area contributed by atoms with E-state index < -0.39 is 0 Å². The van der Waals surface area contributed by atoms with Crippen molar-refractivity contribution in [2.24, 2.45) is 5.92 Å². The second-order valence-corrected chi connectivity index (χ2v) is 11.7. The van der Waals surface area contributed by atoms with Crippen molar-refractivity contribution in [3.05, 3.63) is 53.6 Å². The number of hydrogen-bond donors (Lipinski definition) is 0. The summed E-state index contributed by atoms with van der Waals surface area (Å²) in [5.41, 5.74) is 3.31. The Labute approximate surface area is 244 Å². The summed E-state index contributed by atoms with van der Waals surface area (Å²) in [6.45, 7) is 11.9. The zero-order valence-electron chi connectivity index (χ0n) is 24.7. The number of carbonyl (C=O) groups is 1. The number of likely N-dealkylation sites (N-methyl/N-ethyl adjacent to an activating group) is 1. The topological polar surface area (TPSA) is 94.8 Å². The molecule has 5 rings (SSSR count). The average molecular weight is 560 g/mol. The monoisotopic (exact) mass is 559 g/mol. The Balaban J connectivity index is 1.37. The van der Waals surface area contributed by atoms with Gasteiger partial charge in [0.25, 0.3) is 0 Å². The van der Waals surface area contributed by atoms with E-state index in [1.807, 2.05) is 6.92 Å². The van der Waals surface area contributed by atoms with Crippen LogP contribution in [-0.4, -0.2) is 90.3 Å². The van der Waals surface area contributed by atoms with E-state index in [1.54, 1.807) is 4.90 Å². The molecule has 1 amide bonds. The molecule has 0 N–H and O–H groups in total. The second kappa shape index (κ2) is 13.2. The van der Waals surface area contributed by atoms with Gasteiger partial charge >= 0.3 is 6.01 Å². The Bertz CT molecular complexity index is 1220. The first-order valence-electron chi connectivity index (χ1n) is 15.0. The van der Waals surface area contributed by atoms with Crippen molar-refractivity contribution in [3.8, 4) is 12.1 Å². The number of rotatable bonds is 9. The van der Waals surface area contributed by atoms with Gasteiger partial charge in [0, 0.05) is 42.9 Å². The maximum Gasteiger partial charge on any atom is 0.318 e. The molecule has 9 nitrogen and oxygen atoms in total. The predicted molar refractivity (Wildman–Crippen MR) is 158 cm³/mol. The number of nitrogens with zero attached hydrogens (tertiary/aromatic N) is 6. The number of aromatic nitrogens is 2. The molecule has 1 radical (unpaired) electrons. The average Bonchev–Trinajstić information content (AvgIpc) is 3.40. The highest BCUT2D eigenvalue weighted by Crippen LogP contribution is 2.39. The standard InChI is InChI=1S/C32H43N6O3/c1-5-30(39)38-18-17-37(19-25(38)14-15-33)31-28(12-13-29-22(2)27-11-7-6-9-24(27)20-40-29)23(3)34-32(35-31)41-21-26-10-8-16-36(26)4/h5-7,9,22,25-26,29H,1,8,10-14,16-21H2,2-4H3/t22?,25?,26?,29-/m1/s1. The molecule has 0 saturated carbocycles. The highest BCUT2D eigenvalue weighted by molar-refractivity contribution is 5.87. The normalized spacial score (nSPS) is 26.8. The van der Waals surface area contributed by atoms with E-state index in [4.69, 9.17) is 19.4 Å². The molecular formula is C32H43N6O3. The van der Waals surface area contributed by atoms with E-state index in [1.165, 1.54) is 24.0 Å². The van der Waals surface area contributed by atoms with Crippen molar-refractivity contribution in [3.63, 3.8) is 0 Å². The lowest BCUT2D eigenvalue weighted by atomic mass is 9.76. The van der Waals surface area contributed by atoms with Crippen LogP contribution in [0.25, 0.3) is 0 Å². The third kappa shape index (κ3) is 6.49. The molecule has 3 saturated heterocycles. The third-order valence-electron chi connectivity index (χ3n) is 9.24. The number of ether oxygens (including phenoxy) is 2. The highest BCUT2D eigenvalue weighted by Gasteiger charge is 2.36. The van der Waals surface area contributed by atoms with Crippen LogP contribution in [0.15, 0.2) is 36.5 Å². The fourth-order valence-electron chi connectivity index (χ4n) is 6.69. The van der Waals surface area contributed by atoms with Crippen LogP contribution in [0.5, 0.6) is 6.01 Å². The number of aryl methyl sites for hydroxylation is 1. The minimum absolute atomic E-state index is 0.128. The molecule has 0 aromatic carbocycles. The molecule has 41 heavy (non-hydrogen) atoms. The van der Waals surface area contributed by atoms with E-state index in [0.29, 0.717) is 50.8 Å².